The molecule has 0 N–H and O–H groups in total. The average molecular weight is 237 g/mol. The molecule has 0 bridgehead atoms. The molecule has 0 atom stereocenters. The van der Waals surface area contributed by atoms with Gasteiger partial charge >= 0.3 is 0 Å². The number of hydrogen-bond acceptors (Lipinski definition) is 2. The molecule has 1 aliphatic carbocycles. The third-order valence-electron chi connectivity index (χ3n) is 4.17. The topological polar surface area (TPSA) is 33.0 Å². The molecule has 0 radical (unpaired) electrons. The average Bonchev–Trinajstić information content (AvgIpc) is 2.32. The van der Waals surface area contributed by atoms with Crippen LogP contribution in [0.3, 0.4) is 0 Å². The largest absolute Gasteiger partial charge is 0.381 e. The lowest BCUT2D eigenvalue weighted by molar-refractivity contribution is 0.0740. The minimum atomic E-state index is -0.0955. The van der Waals surface area contributed by atoms with Gasteiger partial charge in [0, 0.05) is 13.2 Å². The molecular formula is C15H27NO. The first kappa shape index (κ1) is 14.5. The molecule has 0 heterocycles. The van der Waals surface area contributed by atoms with Crippen LogP contribution >= 0.6 is 0 Å². The quantitative estimate of drug-likeness (QED) is 0.645. The maximum atomic E-state index is 9.41. The summed E-state index contributed by atoms with van der Waals surface area (Å²) in [4.78, 5) is 0. The van der Waals surface area contributed by atoms with Crippen LogP contribution < -0.4 is 0 Å². The highest BCUT2D eigenvalue weighted by Crippen LogP contribution is 2.46. The molecule has 2 nitrogen and oxygen atoms in total. The highest BCUT2D eigenvalue weighted by Gasteiger charge is 2.38. The number of hydrogen-bond donors (Lipinski definition) is 0. The molecular weight excluding hydrogens is 210 g/mol. The predicted octanol–water partition coefficient (Wildman–Crippen LogP) is 4.30. The van der Waals surface area contributed by atoms with Crippen molar-refractivity contribution in [3.8, 4) is 6.07 Å². The molecule has 1 saturated carbocycles. The minimum absolute atomic E-state index is 0.0955. The molecule has 1 fully saturated rings. The van der Waals surface area contributed by atoms with Gasteiger partial charge in [-0.3, -0.25) is 0 Å². The summed E-state index contributed by atoms with van der Waals surface area (Å²) >= 11 is 0. The molecule has 0 aromatic carbocycles. The monoisotopic (exact) mass is 237 g/mol. The second kappa shape index (κ2) is 6.40. The normalized spacial score (nSPS) is 22.0. The van der Waals surface area contributed by atoms with Crippen LogP contribution in [-0.2, 0) is 4.74 Å². The van der Waals surface area contributed by atoms with Crippen molar-refractivity contribution in [3.05, 3.63) is 0 Å². The zero-order chi connectivity index (χ0) is 12.8. The SMILES string of the molecule is CCCCOCCC1(C#N)CCC(C)(C)CC1. The van der Waals surface area contributed by atoms with Gasteiger partial charge in [-0.2, -0.15) is 5.26 Å². The molecule has 2 heteroatoms. The van der Waals surface area contributed by atoms with E-state index in [-0.39, 0.29) is 5.41 Å². The maximum absolute atomic E-state index is 9.41. The Kier molecular flexibility index (Phi) is 5.46. The van der Waals surface area contributed by atoms with Gasteiger partial charge in [-0.1, -0.05) is 27.2 Å². The van der Waals surface area contributed by atoms with Crippen molar-refractivity contribution in [2.45, 2.75) is 65.7 Å². The van der Waals surface area contributed by atoms with Gasteiger partial charge in [-0.05, 0) is 43.9 Å². The third-order valence-corrected chi connectivity index (χ3v) is 4.17. The van der Waals surface area contributed by atoms with E-state index in [2.05, 4.69) is 26.8 Å². The summed E-state index contributed by atoms with van der Waals surface area (Å²) in [6.07, 6.45) is 7.68. The number of rotatable bonds is 6. The van der Waals surface area contributed by atoms with Gasteiger partial charge < -0.3 is 4.74 Å². The fourth-order valence-corrected chi connectivity index (χ4v) is 2.44. The molecule has 1 rings (SSSR count). The Morgan fingerprint density at radius 2 is 1.76 bits per heavy atom. The van der Waals surface area contributed by atoms with Gasteiger partial charge in [-0.25, -0.2) is 0 Å². The van der Waals surface area contributed by atoms with Gasteiger partial charge in [0.15, 0.2) is 0 Å². The Labute approximate surface area is 106 Å². The highest BCUT2D eigenvalue weighted by atomic mass is 16.5. The standard InChI is InChI=1S/C15H27NO/c1-4-5-11-17-12-10-15(13-16)8-6-14(2,3)7-9-15/h4-12H2,1-3H3. The molecule has 0 amide bonds. The predicted molar refractivity (Wildman–Crippen MR) is 70.6 cm³/mol. The molecule has 17 heavy (non-hydrogen) atoms. The molecule has 0 aliphatic heterocycles. The molecule has 0 spiro atoms. The lowest BCUT2D eigenvalue weighted by Crippen LogP contribution is -2.31. The number of nitriles is 1. The Morgan fingerprint density at radius 1 is 1.12 bits per heavy atom. The van der Waals surface area contributed by atoms with Gasteiger partial charge in [0.25, 0.3) is 0 Å². The van der Waals surface area contributed by atoms with Crippen molar-refractivity contribution < 1.29 is 4.74 Å². The van der Waals surface area contributed by atoms with Crippen LogP contribution in [-0.4, -0.2) is 13.2 Å². The van der Waals surface area contributed by atoms with E-state index in [0.717, 1.165) is 38.9 Å². The van der Waals surface area contributed by atoms with Crippen molar-refractivity contribution in [1.82, 2.24) is 0 Å². The van der Waals surface area contributed by atoms with E-state index in [4.69, 9.17) is 4.74 Å². The van der Waals surface area contributed by atoms with E-state index < -0.39 is 0 Å². The van der Waals surface area contributed by atoms with E-state index in [0.29, 0.717) is 5.41 Å². The maximum Gasteiger partial charge on any atom is 0.0690 e. The van der Waals surface area contributed by atoms with Crippen LogP contribution in [0.5, 0.6) is 0 Å². The Morgan fingerprint density at radius 3 is 2.29 bits per heavy atom. The van der Waals surface area contributed by atoms with Crippen LogP contribution in [0, 0.1) is 22.2 Å². The van der Waals surface area contributed by atoms with Crippen molar-refractivity contribution >= 4 is 0 Å². The fraction of sp³-hybridized carbons (Fsp3) is 0.933. The molecule has 0 unspecified atom stereocenters. The van der Waals surface area contributed by atoms with Gasteiger partial charge in [-0.15, -0.1) is 0 Å². The second-order valence-electron chi connectivity index (χ2n) is 6.27. The summed E-state index contributed by atoms with van der Waals surface area (Å²) in [5.74, 6) is 0. The van der Waals surface area contributed by atoms with Crippen molar-refractivity contribution in [2.24, 2.45) is 10.8 Å². The van der Waals surface area contributed by atoms with Gasteiger partial charge in [0.1, 0.15) is 0 Å². The highest BCUT2D eigenvalue weighted by molar-refractivity contribution is 5.02. The summed E-state index contributed by atoms with van der Waals surface area (Å²) < 4.78 is 5.60. The number of nitrogens with zero attached hydrogens (tertiary/aromatic N) is 1. The van der Waals surface area contributed by atoms with Crippen molar-refractivity contribution in [3.63, 3.8) is 0 Å². The summed E-state index contributed by atoms with van der Waals surface area (Å²) in [6, 6.07) is 2.57. The lowest BCUT2D eigenvalue weighted by Gasteiger charge is -2.39. The first-order chi connectivity index (χ1) is 8.04. The lowest BCUT2D eigenvalue weighted by atomic mass is 9.64. The zero-order valence-corrected chi connectivity index (χ0v) is 11.7. The molecule has 0 saturated heterocycles. The van der Waals surface area contributed by atoms with E-state index in [1.54, 1.807) is 0 Å². The molecule has 1 aliphatic rings. The summed E-state index contributed by atoms with van der Waals surface area (Å²) in [5.41, 5.74) is 0.338. The van der Waals surface area contributed by atoms with Gasteiger partial charge in [0.2, 0.25) is 0 Å². The third kappa shape index (κ3) is 4.68. The van der Waals surface area contributed by atoms with Crippen molar-refractivity contribution in [1.29, 1.82) is 5.26 Å². The van der Waals surface area contributed by atoms with E-state index in [1.807, 2.05) is 0 Å². The summed E-state index contributed by atoms with van der Waals surface area (Å²) in [5, 5.41) is 9.41. The van der Waals surface area contributed by atoms with Crippen LogP contribution in [0.1, 0.15) is 65.7 Å². The first-order valence-electron chi connectivity index (χ1n) is 7.03. The summed E-state index contributed by atoms with van der Waals surface area (Å²) in [7, 11) is 0. The minimum Gasteiger partial charge on any atom is -0.381 e. The molecule has 0 aromatic rings. The fourth-order valence-electron chi connectivity index (χ4n) is 2.44. The van der Waals surface area contributed by atoms with Crippen LogP contribution in [0.4, 0.5) is 0 Å². The Bertz CT molecular complexity index is 255. The zero-order valence-electron chi connectivity index (χ0n) is 11.7. The van der Waals surface area contributed by atoms with Crippen LogP contribution in [0.25, 0.3) is 0 Å². The first-order valence-corrected chi connectivity index (χ1v) is 7.03. The second-order valence-corrected chi connectivity index (χ2v) is 6.27. The Hall–Kier alpha value is -0.550. The number of ether oxygens (including phenoxy) is 1. The van der Waals surface area contributed by atoms with Gasteiger partial charge in [0.05, 0.1) is 11.5 Å². The number of unbranched alkanes of at least 4 members (excludes halogenated alkanes) is 1. The van der Waals surface area contributed by atoms with Crippen LogP contribution in [0.2, 0.25) is 0 Å². The van der Waals surface area contributed by atoms with E-state index in [1.165, 1.54) is 19.3 Å². The van der Waals surface area contributed by atoms with Crippen molar-refractivity contribution in [2.75, 3.05) is 13.2 Å². The van der Waals surface area contributed by atoms with E-state index >= 15 is 0 Å². The molecule has 0 aromatic heterocycles. The van der Waals surface area contributed by atoms with Crippen LogP contribution in [0.15, 0.2) is 0 Å². The molecule has 98 valence electrons. The van der Waals surface area contributed by atoms with E-state index in [9.17, 15) is 5.26 Å². The Balaban J connectivity index is 2.31. The smallest absolute Gasteiger partial charge is 0.0690 e. The summed E-state index contributed by atoms with van der Waals surface area (Å²) in [6.45, 7) is 8.40.